The van der Waals surface area contributed by atoms with E-state index < -0.39 is 15.8 Å². The molecule has 0 unspecified atom stereocenters. The molecule has 21 heavy (non-hydrogen) atoms. The first-order chi connectivity index (χ1) is 10.00. The summed E-state index contributed by atoms with van der Waals surface area (Å²) in [5, 5.41) is 0. The molecule has 0 radical (unpaired) electrons. The minimum absolute atomic E-state index is 0.0335. The summed E-state index contributed by atoms with van der Waals surface area (Å²) in [5.74, 6) is -0.696. The lowest BCUT2D eigenvalue weighted by Crippen LogP contribution is -2.09. The van der Waals surface area contributed by atoms with Crippen molar-refractivity contribution in [3.63, 3.8) is 0 Å². The summed E-state index contributed by atoms with van der Waals surface area (Å²) in [6.45, 7) is 0. The van der Waals surface area contributed by atoms with Gasteiger partial charge in [-0.15, -0.1) is 0 Å². The summed E-state index contributed by atoms with van der Waals surface area (Å²) >= 11 is 0. The molecule has 0 saturated heterocycles. The maximum Gasteiger partial charge on any atom is 0.339 e. The van der Waals surface area contributed by atoms with E-state index in [1.165, 1.54) is 25.4 Å². The first-order valence-electron chi connectivity index (χ1n) is 6.28. The van der Waals surface area contributed by atoms with Gasteiger partial charge in [0.1, 0.15) is 0 Å². The number of methoxy groups -OCH3 is 1. The van der Waals surface area contributed by atoms with Crippen LogP contribution in [0.25, 0.3) is 0 Å². The molecular formula is C15H15NO4S. The Labute approximate surface area is 123 Å². The van der Waals surface area contributed by atoms with E-state index in [2.05, 4.69) is 9.72 Å². The third kappa shape index (κ3) is 4.39. The summed E-state index contributed by atoms with van der Waals surface area (Å²) in [6, 6.07) is 12.0. The van der Waals surface area contributed by atoms with Crippen LogP contribution in [-0.4, -0.2) is 26.5 Å². The largest absolute Gasteiger partial charge is 0.465 e. The lowest BCUT2D eigenvalue weighted by Gasteiger charge is -2.05. The Morgan fingerprint density at radius 1 is 1.10 bits per heavy atom. The molecule has 0 aliphatic rings. The Bertz CT molecular complexity index is 709. The number of sulfone groups is 1. The molecule has 1 aromatic heterocycles. The van der Waals surface area contributed by atoms with Gasteiger partial charge in [0.15, 0.2) is 9.84 Å². The number of hydrogen-bond acceptors (Lipinski definition) is 5. The van der Waals surface area contributed by atoms with Gasteiger partial charge in [-0.05, 0) is 17.7 Å². The average Bonchev–Trinajstić information content (AvgIpc) is 2.47. The molecule has 5 nitrogen and oxygen atoms in total. The highest BCUT2D eigenvalue weighted by molar-refractivity contribution is 7.89. The maximum atomic E-state index is 12.1. The van der Waals surface area contributed by atoms with Crippen molar-refractivity contribution in [2.45, 2.75) is 11.5 Å². The van der Waals surface area contributed by atoms with Crippen molar-refractivity contribution >= 4 is 15.8 Å². The SMILES string of the molecule is COC(=O)c1ccc(CS(=O)(=O)Cc2ccccc2)nc1. The summed E-state index contributed by atoms with van der Waals surface area (Å²) in [5.41, 5.74) is 1.43. The van der Waals surface area contributed by atoms with Crippen LogP contribution in [-0.2, 0) is 26.1 Å². The van der Waals surface area contributed by atoms with E-state index in [0.29, 0.717) is 11.3 Å². The predicted molar refractivity (Wildman–Crippen MR) is 78.3 cm³/mol. The van der Waals surface area contributed by atoms with Crippen molar-refractivity contribution in [2.24, 2.45) is 0 Å². The number of esters is 1. The van der Waals surface area contributed by atoms with Crippen molar-refractivity contribution in [1.29, 1.82) is 0 Å². The van der Waals surface area contributed by atoms with Crippen molar-refractivity contribution < 1.29 is 17.9 Å². The monoisotopic (exact) mass is 305 g/mol. The standard InChI is InChI=1S/C15H15NO4S/c1-20-15(17)13-7-8-14(16-9-13)11-21(18,19)10-12-5-3-2-4-6-12/h2-9H,10-11H2,1H3. The van der Waals surface area contributed by atoms with Gasteiger partial charge in [0.25, 0.3) is 0 Å². The van der Waals surface area contributed by atoms with E-state index in [-0.39, 0.29) is 11.5 Å². The number of hydrogen-bond donors (Lipinski definition) is 0. The predicted octanol–water partition coefficient (Wildman–Crippen LogP) is 1.98. The second-order valence-corrected chi connectivity index (χ2v) is 6.61. The molecule has 0 spiro atoms. The van der Waals surface area contributed by atoms with E-state index in [9.17, 15) is 13.2 Å². The molecule has 0 saturated carbocycles. The third-order valence-corrected chi connectivity index (χ3v) is 4.35. The van der Waals surface area contributed by atoms with Gasteiger partial charge in [0, 0.05) is 6.20 Å². The lowest BCUT2D eigenvalue weighted by molar-refractivity contribution is 0.0600. The van der Waals surface area contributed by atoms with Gasteiger partial charge < -0.3 is 4.74 Å². The molecule has 110 valence electrons. The summed E-state index contributed by atoms with van der Waals surface area (Å²) in [7, 11) is -2.03. The first-order valence-corrected chi connectivity index (χ1v) is 8.10. The Morgan fingerprint density at radius 3 is 2.38 bits per heavy atom. The first kappa shape index (κ1) is 15.2. The minimum atomic E-state index is -3.31. The molecule has 0 aliphatic carbocycles. The topological polar surface area (TPSA) is 73.3 Å². The van der Waals surface area contributed by atoms with Crippen molar-refractivity contribution in [3.8, 4) is 0 Å². The molecule has 0 bridgehead atoms. The highest BCUT2D eigenvalue weighted by atomic mass is 32.2. The average molecular weight is 305 g/mol. The van der Waals surface area contributed by atoms with Crippen molar-refractivity contribution in [3.05, 3.63) is 65.5 Å². The summed E-state index contributed by atoms with van der Waals surface area (Å²) in [6.07, 6.45) is 1.32. The van der Waals surface area contributed by atoms with Crippen LogP contribution in [0, 0.1) is 0 Å². The Morgan fingerprint density at radius 2 is 1.81 bits per heavy atom. The molecule has 2 aromatic rings. The van der Waals surface area contributed by atoms with Gasteiger partial charge in [-0.3, -0.25) is 4.98 Å². The molecule has 0 fully saturated rings. The number of nitrogens with zero attached hydrogens (tertiary/aromatic N) is 1. The molecule has 2 rings (SSSR count). The number of pyridine rings is 1. The molecule has 0 aliphatic heterocycles. The van der Waals surface area contributed by atoms with E-state index in [1.54, 1.807) is 24.3 Å². The normalized spacial score (nSPS) is 11.1. The zero-order valence-electron chi connectivity index (χ0n) is 11.5. The van der Waals surface area contributed by atoms with Crippen LogP contribution < -0.4 is 0 Å². The van der Waals surface area contributed by atoms with Crippen LogP contribution in [0.3, 0.4) is 0 Å². The van der Waals surface area contributed by atoms with Crippen LogP contribution in [0.2, 0.25) is 0 Å². The quantitative estimate of drug-likeness (QED) is 0.790. The minimum Gasteiger partial charge on any atom is -0.465 e. The van der Waals surface area contributed by atoms with Crippen LogP contribution in [0.15, 0.2) is 48.7 Å². The number of aromatic nitrogens is 1. The zero-order chi connectivity index (χ0) is 15.3. The highest BCUT2D eigenvalue weighted by Gasteiger charge is 2.14. The van der Waals surface area contributed by atoms with Gasteiger partial charge >= 0.3 is 5.97 Å². The number of rotatable bonds is 5. The molecule has 1 heterocycles. The molecule has 1 aromatic carbocycles. The van der Waals surface area contributed by atoms with Crippen molar-refractivity contribution in [1.82, 2.24) is 4.98 Å². The molecular weight excluding hydrogens is 290 g/mol. The highest BCUT2D eigenvalue weighted by Crippen LogP contribution is 2.11. The molecule has 0 amide bonds. The lowest BCUT2D eigenvalue weighted by atomic mass is 10.2. The number of carbonyl (C=O) groups is 1. The molecule has 0 atom stereocenters. The van der Waals surface area contributed by atoms with Gasteiger partial charge in [-0.2, -0.15) is 0 Å². The summed E-state index contributed by atoms with van der Waals surface area (Å²) < 4.78 is 28.8. The molecule has 0 N–H and O–H groups in total. The Kier molecular flexibility index (Phi) is 4.70. The van der Waals surface area contributed by atoms with E-state index >= 15 is 0 Å². The molecule has 6 heteroatoms. The van der Waals surface area contributed by atoms with Crippen molar-refractivity contribution in [2.75, 3.05) is 7.11 Å². The van der Waals surface area contributed by atoms with Gasteiger partial charge in [-0.25, -0.2) is 13.2 Å². The second-order valence-electron chi connectivity index (χ2n) is 4.55. The fourth-order valence-electron chi connectivity index (χ4n) is 1.85. The number of benzene rings is 1. The maximum absolute atomic E-state index is 12.1. The number of carbonyl (C=O) groups excluding carboxylic acids is 1. The Hall–Kier alpha value is -2.21. The van der Waals surface area contributed by atoms with Crippen LogP contribution in [0.1, 0.15) is 21.6 Å². The smallest absolute Gasteiger partial charge is 0.339 e. The second kappa shape index (κ2) is 6.49. The van der Waals surface area contributed by atoms with E-state index in [1.807, 2.05) is 6.07 Å². The van der Waals surface area contributed by atoms with Gasteiger partial charge in [0.2, 0.25) is 0 Å². The fraction of sp³-hybridized carbons (Fsp3) is 0.200. The Balaban J connectivity index is 2.08. The van der Waals surface area contributed by atoms with Gasteiger partial charge in [-0.1, -0.05) is 30.3 Å². The van der Waals surface area contributed by atoms with Crippen LogP contribution in [0.5, 0.6) is 0 Å². The van der Waals surface area contributed by atoms with E-state index in [0.717, 1.165) is 5.56 Å². The van der Waals surface area contributed by atoms with Crippen LogP contribution >= 0.6 is 0 Å². The van der Waals surface area contributed by atoms with Gasteiger partial charge in [0.05, 0.1) is 29.9 Å². The fourth-order valence-corrected chi connectivity index (χ4v) is 3.28. The van der Waals surface area contributed by atoms with Crippen LogP contribution in [0.4, 0.5) is 0 Å². The number of ether oxygens (including phenoxy) is 1. The zero-order valence-corrected chi connectivity index (χ0v) is 12.3. The van der Waals surface area contributed by atoms with E-state index in [4.69, 9.17) is 0 Å². The third-order valence-electron chi connectivity index (χ3n) is 2.84. The summed E-state index contributed by atoms with van der Waals surface area (Å²) in [4.78, 5) is 15.3.